The number of nitrogens with zero attached hydrogens (tertiary/aromatic N) is 1. The molecule has 1 atom stereocenters. The van der Waals surface area contributed by atoms with Crippen molar-refractivity contribution in [1.29, 1.82) is 0 Å². The monoisotopic (exact) mass is 294 g/mol. The van der Waals surface area contributed by atoms with Gasteiger partial charge >= 0.3 is 6.03 Å². The van der Waals surface area contributed by atoms with E-state index in [1.165, 1.54) is 11.8 Å². The minimum Gasteiger partial charge on any atom is -0.277 e. The standard InChI is InChI=1S/C14H18N2O3S/c1-2-8-20-9-7-16-13(18)11(10-5-3-4-6-10)12(17)15-14(16)19/h1,10-11H,3-9H2,(H,15,17,19). The molecular weight excluding hydrogens is 276 g/mol. The molecule has 1 heterocycles. The zero-order chi connectivity index (χ0) is 14.5. The first kappa shape index (κ1) is 14.9. The van der Waals surface area contributed by atoms with E-state index in [0.717, 1.165) is 30.6 Å². The summed E-state index contributed by atoms with van der Waals surface area (Å²) in [6.45, 7) is 0.299. The summed E-state index contributed by atoms with van der Waals surface area (Å²) in [5.41, 5.74) is 0. The van der Waals surface area contributed by atoms with Crippen molar-refractivity contribution >= 4 is 29.6 Å². The molecule has 1 saturated carbocycles. The Hall–Kier alpha value is -1.48. The molecule has 2 rings (SSSR count). The van der Waals surface area contributed by atoms with Crippen LogP contribution < -0.4 is 5.32 Å². The fourth-order valence-corrected chi connectivity index (χ4v) is 3.41. The fraction of sp³-hybridized carbons (Fsp3) is 0.643. The molecular formula is C14H18N2O3S. The first-order chi connectivity index (χ1) is 9.65. The number of barbiturate groups is 1. The zero-order valence-electron chi connectivity index (χ0n) is 11.3. The van der Waals surface area contributed by atoms with Gasteiger partial charge in [-0.3, -0.25) is 19.8 Å². The highest BCUT2D eigenvalue weighted by molar-refractivity contribution is 7.99. The van der Waals surface area contributed by atoms with E-state index in [4.69, 9.17) is 6.42 Å². The topological polar surface area (TPSA) is 66.5 Å². The van der Waals surface area contributed by atoms with Crippen LogP contribution in [0.3, 0.4) is 0 Å². The fourth-order valence-electron chi connectivity index (χ4n) is 2.84. The molecule has 0 radical (unpaired) electrons. The third-order valence-corrected chi connectivity index (χ3v) is 4.65. The van der Waals surface area contributed by atoms with Crippen LogP contribution in [0.4, 0.5) is 4.79 Å². The van der Waals surface area contributed by atoms with Crippen molar-refractivity contribution in [2.24, 2.45) is 11.8 Å². The first-order valence-electron chi connectivity index (χ1n) is 6.82. The SMILES string of the molecule is C#CCSCCN1C(=O)NC(=O)C(C2CCCC2)C1=O. The minimum absolute atomic E-state index is 0.0801. The molecule has 108 valence electrons. The Balaban J connectivity index is 2.00. The third-order valence-electron chi connectivity index (χ3n) is 3.81. The van der Waals surface area contributed by atoms with Gasteiger partial charge in [-0.15, -0.1) is 18.2 Å². The Morgan fingerprint density at radius 3 is 2.65 bits per heavy atom. The molecule has 1 N–H and O–H groups in total. The summed E-state index contributed by atoms with van der Waals surface area (Å²) in [4.78, 5) is 37.2. The molecule has 0 aromatic carbocycles. The van der Waals surface area contributed by atoms with E-state index in [0.29, 0.717) is 18.1 Å². The number of imide groups is 2. The predicted octanol–water partition coefficient (Wildman–Crippen LogP) is 1.24. The van der Waals surface area contributed by atoms with Crippen LogP contribution in [0.2, 0.25) is 0 Å². The second-order valence-corrected chi connectivity index (χ2v) is 6.17. The molecule has 2 aliphatic rings. The van der Waals surface area contributed by atoms with Gasteiger partial charge in [0.05, 0.1) is 5.75 Å². The van der Waals surface area contributed by atoms with E-state index in [1.807, 2.05) is 0 Å². The number of thioether (sulfide) groups is 1. The van der Waals surface area contributed by atoms with Gasteiger partial charge in [-0.25, -0.2) is 4.79 Å². The highest BCUT2D eigenvalue weighted by Crippen LogP contribution is 2.33. The van der Waals surface area contributed by atoms with Crippen molar-refractivity contribution in [2.75, 3.05) is 18.1 Å². The Morgan fingerprint density at radius 1 is 1.30 bits per heavy atom. The smallest absolute Gasteiger partial charge is 0.277 e. The van der Waals surface area contributed by atoms with E-state index in [2.05, 4.69) is 11.2 Å². The Labute approximate surface area is 122 Å². The maximum absolute atomic E-state index is 12.4. The van der Waals surface area contributed by atoms with Crippen LogP contribution in [-0.2, 0) is 9.59 Å². The van der Waals surface area contributed by atoms with Crippen LogP contribution in [0.1, 0.15) is 25.7 Å². The lowest BCUT2D eigenvalue weighted by Gasteiger charge is -2.32. The average Bonchev–Trinajstić information content (AvgIpc) is 2.91. The zero-order valence-corrected chi connectivity index (χ0v) is 12.1. The molecule has 1 unspecified atom stereocenters. The van der Waals surface area contributed by atoms with E-state index >= 15 is 0 Å². The molecule has 1 aliphatic heterocycles. The maximum atomic E-state index is 12.4. The molecule has 5 nitrogen and oxygen atoms in total. The van der Waals surface area contributed by atoms with Crippen molar-refractivity contribution in [3.63, 3.8) is 0 Å². The van der Waals surface area contributed by atoms with E-state index in [-0.39, 0.29) is 11.8 Å². The molecule has 2 fully saturated rings. The van der Waals surface area contributed by atoms with E-state index in [9.17, 15) is 14.4 Å². The van der Waals surface area contributed by atoms with Crippen LogP contribution in [0.15, 0.2) is 0 Å². The highest BCUT2D eigenvalue weighted by atomic mass is 32.2. The number of hydrogen-bond acceptors (Lipinski definition) is 4. The Bertz CT molecular complexity index is 452. The molecule has 4 amide bonds. The number of hydrogen-bond donors (Lipinski definition) is 1. The highest BCUT2D eigenvalue weighted by Gasteiger charge is 2.44. The van der Waals surface area contributed by atoms with E-state index < -0.39 is 17.9 Å². The number of carbonyl (C=O) groups excluding carboxylic acids is 3. The molecule has 0 bridgehead atoms. The Morgan fingerprint density at radius 2 is 2.00 bits per heavy atom. The van der Waals surface area contributed by atoms with Gasteiger partial charge in [0.1, 0.15) is 5.92 Å². The number of amides is 4. The number of nitrogens with one attached hydrogen (secondary N) is 1. The average molecular weight is 294 g/mol. The van der Waals surface area contributed by atoms with Crippen molar-refractivity contribution in [3.8, 4) is 12.3 Å². The van der Waals surface area contributed by atoms with Gasteiger partial charge < -0.3 is 0 Å². The summed E-state index contributed by atoms with van der Waals surface area (Å²) in [6, 6.07) is -0.601. The lowest BCUT2D eigenvalue weighted by molar-refractivity contribution is -0.144. The van der Waals surface area contributed by atoms with Gasteiger partial charge in [0.15, 0.2) is 0 Å². The predicted molar refractivity (Wildman–Crippen MR) is 76.9 cm³/mol. The quantitative estimate of drug-likeness (QED) is 0.470. The third kappa shape index (κ3) is 3.15. The summed E-state index contributed by atoms with van der Waals surface area (Å²) in [7, 11) is 0. The lowest BCUT2D eigenvalue weighted by Crippen LogP contribution is -2.59. The maximum Gasteiger partial charge on any atom is 0.330 e. The van der Waals surface area contributed by atoms with Gasteiger partial charge in [0, 0.05) is 12.3 Å². The van der Waals surface area contributed by atoms with Gasteiger partial charge in [0.2, 0.25) is 11.8 Å². The summed E-state index contributed by atoms with van der Waals surface area (Å²) in [6.07, 6.45) is 9.02. The van der Waals surface area contributed by atoms with Gasteiger partial charge in [0.25, 0.3) is 0 Å². The molecule has 0 aromatic heterocycles. The van der Waals surface area contributed by atoms with Crippen molar-refractivity contribution in [1.82, 2.24) is 10.2 Å². The van der Waals surface area contributed by atoms with Gasteiger partial charge in [-0.2, -0.15) is 0 Å². The first-order valence-corrected chi connectivity index (χ1v) is 7.98. The second kappa shape index (κ2) is 6.80. The van der Waals surface area contributed by atoms with Gasteiger partial charge in [-0.1, -0.05) is 18.8 Å². The summed E-state index contributed by atoms with van der Waals surface area (Å²) >= 11 is 1.49. The number of rotatable bonds is 5. The molecule has 20 heavy (non-hydrogen) atoms. The number of carbonyl (C=O) groups is 3. The van der Waals surface area contributed by atoms with Crippen molar-refractivity contribution in [3.05, 3.63) is 0 Å². The summed E-state index contributed by atoms with van der Waals surface area (Å²) in [5.74, 6) is 2.26. The van der Waals surface area contributed by atoms with Crippen LogP contribution in [0.5, 0.6) is 0 Å². The van der Waals surface area contributed by atoms with Crippen molar-refractivity contribution in [2.45, 2.75) is 25.7 Å². The number of terminal acetylenes is 1. The van der Waals surface area contributed by atoms with Crippen LogP contribution >= 0.6 is 11.8 Å². The van der Waals surface area contributed by atoms with Crippen LogP contribution in [0.25, 0.3) is 0 Å². The largest absolute Gasteiger partial charge is 0.330 e. The number of urea groups is 1. The molecule has 6 heteroatoms. The van der Waals surface area contributed by atoms with Crippen LogP contribution in [0, 0.1) is 24.2 Å². The summed E-state index contributed by atoms with van der Waals surface area (Å²) < 4.78 is 0. The molecule has 1 saturated heterocycles. The van der Waals surface area contributed by atoms with Gasteiger partial charge in [-0.05, 0) is 18.8 Å². The second-order valence-electron chi connectivity index (χ2n) is 5.06. The normalized spacial score (nSPS) is 23.9. The Kier molecular flexibility index (Phi) is 5.07. The lowest BCUT2D eigenvalue weighted by atomic mass is 9.87. The molecule has 0 aromatic rings. The van der Waals surface area contributed by atoms with Crippen molar-refractivity contribution < 1.29 is 14.4 Å². The van der Waals surface area contributed by atoms with E-state index in [1.54, 1.807) is 0 Å². The minimum atomic E-state index is -0.687. The summed E-state index contributed by atoms with van der Waals surface area (Å²) in [5, 5.41) is 2.31. The van der Waals surface area contributed by atoms with Crippen LogP contribution in [-0.4, -0.2) is 40.8 Å². The molecule has 0 spiro atoms. The molecule has 1 aliphatic carbocycles.